The fourth-order valence-electron chi connectivity index (χ4n) is 1.86. The van der Waals surface area contributed by atoms with Crippen LogP contribution in [0.25, 0.3) is 0 Å². The number of ether oxygens (including phenoxy) is 3. The second kappa shape index (κ2) is 6.61. The molecular formula is C15H21NO4. The van der Waals surface area contributed by atoms with E-state index in [0.717, 1.165) is 5.75 Å². The zero-order chi connectivity index (χ0) is 14.4. The van der Waals surface area contributed by atoms with Gasteiger partial charge in [0.2, 0.25) is 0 Å². The van der Waals surface area contributed by atoms with Crippen LogP contribution in [0.3, 0.4) is 0 Å². The number of benzene rings is 1. The lowest BCUT2D eigenvalue weighted by molar-refractivity contribution is -0.128. The molecule has 0 spiro atoms. The predicted molar refractivity (Wildman–Crippen MR) is 75.0 cm³/mol. The molecule has 0 atom stereocenters. The van der Waals surface area contributed by atoms with Gasteiger partial charge in [0, 0.05) is 12.0 Å². The van der Waals surface area contributed by atoms with Gasteiger partial charge in [-0.3, -0.25) is 4.79 Å². The van der Waals surface area contributed by atoms with Crippen molar-refractivity contribution >= 4 is 5.91 Å². The van der Waals surface area contributed by atoms with Crippen LogP contribution in [0.15, 0.2) is 24.3 Å². The first-order valence-electron chi connectivity index (χ1n) is 6.81. The highest BCUT2D eigenvalue weighted by Crippen LogP contribution is 2.25. The third-order valence-electron chi connectivity index (χ3n) is 3.12. The van der Waals surface area contributed by atoms with Crippen LogP contribution >= 0.6 is 0 Å². The van der Waals surface area contributed by atoms with E-state index in [0.29, 0.717) is 32.1 Å². The average molecular weight is 279 g/mol. The molecule has 1 saturated heterocycles. The normalized spacial score (nSPS) is 16.1. The second-order valence-electron chi connectivity index (χ2n) is 5.27. The summed E-state index contributed by atoms with van der Waals surface area (Å²) in [4.78, 5) is 11.7. The maximum absolute atomic E-state index is 11.7. The molecule has 1 aliphatic rings. The third-order valence-corrected chi connectivity index (χ3v) is 3.12. The van der Waals surface area contributed by atoms with Gasteiger partial charge >= 0.3 is 0 Å². The number of amides is 1. The highest BCUT2D eigenvalue weighted by molar-refractivity contribution is 5.77. The Kier molecular flexibility index (Phi) is 4.84. The standard InChI is InChI=1S/C15H21NO4/c1-3-19-12-4-6-13(7-5-12)20-8-14(17)16-9-15(2)10-18-11-15/h4-7H,3,8-11H2,1-2H3,(H,16,17). The van der Waals surface area contributed by atoms with E-state index in [-0.39, 0.29) is 17.9 Å². The Morgan fingerprint density at radius 3 is 2.35 bits per heavy atom. The predicted octanol–water partition coefficient (Wildman–Crippen LogP) is 1.62. The molecule has 5 nitrogen and oxygen atoms in total. The summed E-state index contributed by atoms with van der Waals surface area (Å²) >= 11 is 0. The molecule has 0 radical (unpaired) electrons. The SMILES string of the molecule is CCOc1ccc(OCC(=O)NCC2(C)COC2)cc1. The zero-order valence-electron chi connectivity index (χ0n) is 12.0. The number of rotatable bonds is 7. The fourth-order valence-corrected chi connectivity index (χ4v) is 1.86. The van der Waals surface area contributed by atoms with Gasteiger partial charge in [0.05, 0.1) is 19.8 Å². The molecule has 1 amide bonds. The van der Waals surface area contributed by atoms with E-state index in [1.807, 2.05) is 19.1 Å². The summed E-state index contributed by atoms with van der Waals surface area (Å²) in [6.07, 6.45) is 0. The van der Waals surface area contributed by atoms with Crippen molar-refractivity contribution in [2.45, 2.75) is 13.8 Å². The quantitative estimate of drug-likeness (QED) is 0.824. The topological polar surface area (TPSA) is 56.8 Å². The number of carbonyl (C=O) groups is 1. The largest absolute Gasteiger partial charge is 0.494 e. The Hall–Kier alpha value is -1.75. The summed E-state index contributed by atoms with van der Waals surface area (Å²) in [5.41, 5.74) is 0.0782. The monoisotopic (exact) mass is 279 g/mol. The van der Waals surface area contributed by atoms with E-state index in [1.54, 1.807) is 12.1 Å². The summed E-state index contributed by atoms with van der Waals surface area (Å²) < 4.78 is 15.9. The van der Waals surface area contributed by atoms with Crippen LogP contribution in [0.1, 0.15) is 13.8 Å². The minimum atomic E-state index is -0.119. The molecule has 1 aromatic rings. The van der Waals surface area contributed by atoms with Gasteiger partial charge in [0.25, 0.3) is 5.91 Å². The number of carbonyl (C=O) groups excluding carboxylic acids is 1. The van der Waals surface area contributed by atoms with Crippen molar-refractivity contribution in [3.8, 4) is 11.5 Å². The summed E-state index contributed by atoms with van der Waals surface area (Å²) in [7, 11) is 0. The average Bonchev–Trinajstić information content (AvgIpc) is 2.42. The van der Waals surface area contributed by atoms with Crippen molar-refractivity contribution in [2.75, 3.05) is 33.0 Å². The lowest BCUT2D eigenvalue weighted by Crippen LogP contribution is -2.49. The first-order valence-corrected chi connectivity index (χ1v) is 6.81. The summed E-state index contributed by atoms with van der Waals surface area (Å²) in [5.74, 6) is 1.33. The lowest BCUT2D eigenvalue weighted by atomic mass is 9.89. The molecular weight excluding hydrogens is 258 g/mol. The van der Waals surface area contributed by atoms with Gasteiger partial charge in [-0.1, -0.05) is 6.92 Å². The Bertz CT molecular complexity index is 440. The number of hydrogen-bond donors (Lipinski definition) is 1. The Labute approximate surface area is 119 Å². The molecule has 1 fully saturated rings. The Morgan fingerprint density at radius 2 is 1.85 bits per heavy atom. The maximum atomic E-state index is 11.7. The molecule has 0 aromatic heterocycles. The maximum Gasteiger partial charge on any atom is 0.257 e. The minimum Gasteiger partial charge on any atom is -0.494 e. The zero-order valence-corrected chi connectivity index (χ0v) is 12.0. The number of nitrogens with one attached hydrogen (secondary N) is 1. The Morgan fingerprint density at radius 1 is 1.25 bits per heavy atom. The van der Waals surface area contributed by atoms with Gasteiger partial charge in [0.15, 0.2) is 6.61 Å². The molecule has 1 N–H and O–H groups in total. The molecule has 2 rings (SSSR count). The lowest BCUT2D eigenvalue weighted by Gasteiger charge is -2.37. The van der Waals surface area contributed by atoms with Crippen LogP contribution in [0.2, 0.25) is 0 Å². The van der Waals surface area contributed by atoms with Gasteiger partial charge in [-0.2, -0.15) is 0 Å². The molecule has 1 aliphatic heterocycles. The van der Waals surface area contributed by atoms with Crippen LogP contribution in [0.4, 0.5) is 0 Å². The first-order chi connectivity index (χ1) is 9.61. The molecule has 0 bridgehead atoms. The van der Waals surface area contributed by atoms with Crippen molar-refractivity contribution in [1.82, 2.24) is 5.32 Å². The third kappa shape index (κ3) is 4.13. The molecule has 0 aliphatic carbocycles. The van der Waals surface area contributed by atoms with Gasteiger partial charge in [-0.15, -0.1) is 0 Å². The van der Waals surface area contributed by atoms with Gasteiger partial charge in [0.1, 0.15) is 11.5 Å². The summed E-state index contributed by atoms with van der Waals surface area (Å²) in [6, 6.07) is 7.23. The van der Waals surface area contributed by atoms with Crippen LogP contribution in [-0.4, -0.2) is 38.9 Å². The number of hydrogen-bond acceptors (Lipinski definition) is 4. The molecule has 5 heteroatoms. The van der Waals surface area contributed by atoms with Crippen molar-refractivity contribution in [2.24, 2.45) is 5.41 Å². The van der Waals surface area contributed by atoms with Crippen LogP contribution < -0.4 is 14.8 Å². The summed E-state index contributed by atoms with van der Waals surface area (Å²) in [6.45, 7) is 6.70. The van der Waals surface area contributed by atoms with E-state index in [2.05, 4.69) is 12.2 Å². The second-order valence-corrected chi connectivity index (χ2v) is 5.27. The van der Waals surface area contributed by atoms with E-state index in [9.17, 15) is 4.79 Å². The van der Waals surface area contributed by atoms with E-state index >= 15 is 0 Å². The van der Waals surface area contributed by atoms with Crippen molar-refractivity contribution in [3.05, 3.63) is 24.3 Å². The molecule has 0 unspecified atom stereocenters. The molecule has 1 heterocycles. The van der Waals surface area contributed by atoms with Crippen molar-refractivity contribution in [3.63, 3.8) is 0 Å². The fraction of sp³-hybridized carbons (Fsp3) is 0.533. The van der Waals surface area contributed by atoms with E-state index in [4.69, 9.17) is 14.2 Å². The van der Waals surface area contributed by atoms with E-state index in [1.165, 1.54) is 0 Å². The van der Waals surface area contributed by atoms with Gasteiger partial charge in [-0.25, -0.2) is 0 Å². The van der Waals surface area contributed by atoms with E-state index < -0.39 is 0 Å². The van der Waals surface area contributed by atoms with Crippen molar-refractivity contribution < 1.29 is 19.0 Å². The smallest absolute Gasteiger partial charge is 0.257 e. The molecule has 20 heavy (non-hydrogen) atoms. The van der Waals surface area contributed by atoms with Crippen LogP contribution in [0.5, 0.6) is 11.5 Å². The first kappa shape index (κ1) is 14.7. The summed E-state index contributed by atoms with van der Waals surface area (Å²) in [5, 5.41) is 2.86. The van der Waals surface area contributed by atoms with Crippen molar-refractivity contribution in [1.29, 1.82) is 0 Å². The molecule has 1 aromatic carbocycles. The van der Waals surface area contributed by atoms with Crippen LogP contribution in [0, 0.1) is 5.41 Å². The van der Waals surface area contributed by atoms with Crippen LogP contribution in [-0.2, 0) is 9.53 Å². The molecule has 0 saturated carbocycles. The van der Waals surface area contributed by atoms with Gasteiger partial charge in [-0.05, 0) is 31.2 Å². The van der Waals surface area contributed by atoms with Gasteiger partial charge < -0.3 is 19.5 Å². The molecule has 110 valence electrons. The minimum absolute atomic E-state index is 0.0188. The Balaban J connectivity index is 1.69. The highest BCUT2D eigenvalue weighted by Gasteiger charge is 2.33. The highest BCUT2D eigenvalue weighted by atomic mass is 16.5.